The van der Waals surface area contributed by atoms with E-state index in [1.54, 1.807) is 0 Å². The number of hydrogen-bond donors (Lipinski definition) is 2. The van der Waals surface area contributed by atoms with E-state index < -0.39 is 0 Å². The molecule has 14 heavy (non-hydrogen) atoms. The molecule has 0 unspecified atom stereocenters. The largest absolute Gasteiger partial charge is 0.396 e. The zero-order valence-electron chi connectivity index (χ0n) is 9.01. The average Bonchev–Trinajstić information content (AvgIpc) is 2.61. The summed E-state index contributed by atoms with van der Waals surface area (Å²) in [5.41, 5.74) is -0.112. The molecule has 3 nitrogen and oxygen atoms in total. The van der Waals surface area contributed by atoms with Crippen LogP contribution in [0.3, 0.4) is 0 Å². The minimum atomic E-state index is -0.112. The molecule has 82 valence electrons. The molecule has 2 N–H and O–H groups in total. The number of nitrogens with one attached hydrogen (secondary N) is 1. The SMILES string of the molecule is CC1(C(=O)NCCCCO)CCCC1. The summed E-state index contributed by atoms with van der Waals surface area (Å²) in [5, 5.41) is 11.5. The molecule has 0 heterocycles. The molecule has 1 saturated carbocycles. The lowest BCUT2D eigenvalue weighted by Gasteiger charge is -2.22. The highest BCUT2D eigenvalue weighted by Gasteiger charge is 2.35. The molecule has 1 fully saturated rings. The van der Waals surface area contributed by atoms with Gasteiger partial charge in [-0.15, -0.1) is 0 Å². The third-order valence-corrected chi connectivity index (χ3v) is 3.13. The minimum absolute atomic E-state index is 0.112. The van der Waals surface area contributed by atoms with Gasteiger partial charge in [0, 0.05) is 18.6 Å². The number of aliphatic hydroxyl groups is 1. The number of aliphatic hydroxyl groups excluding tert-OH is 1. The highest BCUT2D eigenvalue weighted by molar-refractivity contribution is 5.82. The van der Waals surface area contributed by atoms with Crippen LogP contribution in [0.2, 0.25) is 0 Å². The van der Waals surface area contributed by atoms with Gasteiger partial charge in [-0.05, 0) is 25.7 Å². The molecule has 0 saturated heterocycles. The van der Waals surface area contributed by atoms with E-state index in [9.17, 15) is 4.79 Å². The topological polar surface area (TPSA) is 49.3 Å². The Hall–Kier alpha value is -0.570. The summed E-state index contributed by atoms with van der Waals surface area (Å²) in [7, 11) is 0. The van der Waals surface area contributed by atoms with Crippen molar-refractivity contribution in [1.29, 1.82) is 0 Å². The molecule has 0 aliphatic heterocycles. The van der Waals surface area contributed by atoms with Crippen LogP contribution in [0.1, 0.15) is 45.4 Å². The van der Waals surface area contributed by atoms with E-state index in [2.05, 4.69) is 12.2 Å². The first kappa shape index (κ1) is 11.5. The molecule has 0 spiro atoms. The molecule has 1 amide bonds. The van der Waals surface area contributed by atoms with Crippen LogP contribution in [0.15, 0.2) is 0 Å². The summed E-state index contributed by atoms with van der Waals surface area (Å²) in [4.78, 5) is 11.8. The van der Waals surface area contributed by atoms with E-state index in [1.165, 1.54) is 12.8 Å². The lowest BCUT2D eigenvalue weighted by atomic mass is 9.88. The maximum absolute atomic E-state index is 11.8. The van der Waals surface area contributed by atoms with Crippen LogP contribution in [-0.4, -0.2) is 24.2 Å². The van der Waals surface area contributed by atoms with Crippen LogP contribution in [0.25, 0.3) is 0 Å². The summed E-state index contributed by atoms with van der Waals surface area (Å²) in [6, 6.07) is 0. The highest BCUT2D eigenvalue weighted by Crippen LogP contribution is 2.37. The molecule has 1 aliphatic rings. The molecule has 0 aromatic heterocycles. The van der Waals surface area contributed by atoms with Crippen LogP contribution in [0, 0.1) is 5.41 Å². The molecule has 1 rings (SSSR count). The van der Waals surface area contributed by atoms with Gasteiger partial charge in [-0.3, -0.25) is 4.79 Å². The Morgan fingerprint density at radius 2 is 2.00 bits per heavy atom. The van der Waals surface area contributed by atoms with Crippen molar-refractivity contribution in [2.75, 3.05) is 13.2 Å². The Kier molecular flexibility index (Phi) is 4.39. The average molecular weight is 199 g/mol. The fourth-order valence-corrected chi connectivity index (χ4v) is 2.03. The Morgan fingerprint density at radius 3 is 2.57 bits per heavy atom. The van der Waals surface area contributed by atoms with Gasteiger partial charge in [0.25, 0.3) is 0 Å². The Labute approximate surface area is 85.9 Å². The number of amides is 1. The van der Waals surface area contributed by atoms with Crippen molar-refractivity contribution >= 4 is 5.91 Å². The predicted molar refractivity (Wildman–Crippen MR) is 55.9 cm³/mol. The summed E-state index contributed by atoms with van der Waals surface area (Å²) in [5.74, 6) is 0.202. The lowest BCUT2D eigenvalue weighted by Crippen LogP contribution is -2.37. The van der Waals surface area contributed by atoms with Crippen molar-refractivity contribution in [3.63, 3.8) is 0 Å². The smallest absolute Gasteiger partial charge is 0.225 e. The Morgan fingerprint density at radius 1 is 1.36 bits per heavy atom. The number of hydrogen-bond acceptors (Lipinski definition) is 2. The summed E-state index contributed by atoms with van der Waals surface area (Å²) in [6.45, 7) is 2.98. The maximum atomic E-state index is 11.8. The van der Waals surface area contributed by atoms with Gasteiger partial charge in [-0.25, -0.2) is 0 Å². The molecule has 0 radical (unpaired) electrons. The number of carbonyl (C=O) groups is 1. The van der Waals surface area contributed by atoms with Gasteiger partial charge in [0.15, 0.2) is 0 Å². The van der Waals surface area contributed by atoms with E-state index in [1.807, 2.05) is 0 Å². The van der Waals surface area contributed by atoms with Gasteiger partial charge >= 0.3 is 0 Å². The number of unbranched alkanes of at least 4 members (excludes halogenated alkanes) is 1. The van der Waals surface area contributed by atoms with Crippen molar-refractivity contribution in [3.05, 3.63) is 0 Å². The van der Waals surface area contributed by atoms with Crippen molar-refractivity contribution in [2.45, 2.75) is 45.4 Å². The lowest BCUT2D eigenvalue weighted by molar-refractivity contribution is -0.129. The molecular weight excluding hydrogens is 178 g/mol. The van der Waals surface area contributed by atoms with Crippen LogP contribution in [0.5, 0.6) is 0 Å². The third-order valence-electron chi connectivity index (χ3n) is 3.13. The van der Waals surface area contributed by atoms with Crippen molar-refractivity contribution in [3.8, 4) is 0 Å². The molecule has 0 bridgehead atoms. The van der Waals surface area contributed by atoms with Crippen LogP contribution >= 0.6 is 0 Å². The van der Waals surface area contributed by atoms with Gasteiger partial charge in [-0.2, -0.15) is 0 Å². The van der Waals surface area contributed by atoms with Crippen LogP contribution in [0.4, 0.5) is 0 Å². The second-order valence-corrected chi connectivity index (χ2v) is 4.45. The maximum Gasteiger partial charge on any atom is 0.225 e. The molecule has 0 aromatic carbocycles. The second-order valence-electron chi connectivity index (χ2n) is 4.45. The first-order valence-corrected chi connectivity index (χ1v) is 5.58. The zero-order valence-corrected chi connectivity index (χ0v) is 9.01. The zero-order chi connectivity index (χ0) is 10.4. The highest BCUT2D eigenvalue weighted by atomic mass is 16.2. The van der Waals surface area contributed by atoms with E-state index in [0.717, 1.165) is 25.7 Å². The fraction of sp³-hybridized carbons (Fsp3) is 0.909. The van der Waals surface area contributed by atoms with E-state index in [-0.39, 0.29) is 17.9 Å². The van der Waals surface area contributed by atoms with Crippen molar-refractivity contribution in [2.24, 2.45) is 5.41 Å². The van der Waals surface area contributed by atoms with Gasteiger partial charge < -0.3 is 10.4 Å². The van der Waals surface area contributed by atoms with Crippen molar-refractivity contribution < 1.29 is 9.90 Å². The first-order valence-electron chi connectivity index (χ1n) is 5.58. The summed E-state index contributed by atoms with van der Waals surface area (Å²) < 4.78 is 0. The molecule has 0 aromatic rings. The molecule has 1 aliphatic carbocycles. The van der Waals surface area contributed by atoms with E-state index >= 15 is 0 Å². The molecule has 3 heteroatoms. The number of rotatable bonds is 5. The van der Waals surface area contributed by atoms with Crippen LogP contribution < -0.4 is 5.32 Å². The summed E-state index contributed by atoms with van der Waals surface area (Å²) >= 11 is 0. The standard InChI is InChI=1S/C11H21NO2/c1-11(6-2-3-7-11)10(14)12-8-4-5-9-13/h13H,2-9H2,1H3,(H,12,14). The van der Waals surface area contributed by atoms with Gasteiger partial charge in [0.1, 0.15) is 0 Å². The fourth-order valence-electron chi connectivity index (χ4n) is 2.03. The van der Waals surface area contributed by atoms with Gasteiger partial charge in [0.05, 0.1) is 0 Å². The molecule has 0 atom stereocenters. The second kappa shape index (κ2) is 5.35. The van der Waals surface area contributed by atoms with E-state index in [0.29, 0.717) is 6.54 Å². The quantitative estimate of drug-likeness (QED) is 0.658. The van der Waals surface area contributed by atoms with E-state index in [4.69, 9.17) is 5.11 Å². The first-order chi connectivity index (χ1) is 6.69. The van der Waals surface area contributed by atoms with Crippen LogP contribution in [-0.2, 0) is 4.79 Å². The normalized spacial score (nSPS) is 19.6. The molecular formula is C11H21NO2. The summed E-state index contributed by atoms with van der Waals surface area (Å²) in [6.07, 6.45) is 6.06. The number of carbonyl (C=O) groups excluding carboxylic acids is 1. The predicted octanol–water partition coefficient (Wildman–Crippen LogP) is 1.46. The van der Waals surface area contributed by atoms with Gasteiger partial charge in [0.2, 0.25) is 5.91 Å². The van der Waals surface area contributed by atoms with Crippen molar-refractivity contribution in [1.82, 2.24) is 5.32 Å². The third kappa shape index (κ3) is 2.98. The van der Waals surface area contributed by atoms with Gasteiger partial charge in [-0.1, -0.05) is 19.8 Å². The monoisotopic (exact) mass is 199 g/mol. The Bertz CT molecular complexity index is 186. The minimum Gasteiger partial charge on any atom is -0.396 e. The Balaban J connectivity index is 2.20.